The molecule has 0 N–H and O–H groups in total. The predicted molar refractivity (Wildman–Crippen MR) is 101 cm³/mol. The molecule has 0 radical (unpaired) electrons. The van der Waals surface area contributed by atoms with Gasteiger partial charge < -0.3 is 19.1 Å². The molecular formula is C20H20BrNO4. The van der Waals surface area contributed by atoms with Gasteiger partial charge in [0.15, 0.2) is 0 Å². The number of carbonyl (C=O) groups is 1. The normalized spacial score (nSPS) is 18.2. The molecule has 26 heavy (non-hydrogen) atoms. The van der Waals surface area contributed by atoms with Crippen molar-refractivity contribution in [2.75, 3.05) is 31.3 Å². The summed E-state index contributed by atoms with van der Waals surface area (Å²) in [4.78, 5) is 14.8. The van der Waals surface area contributed by atoms with E-state index >= 15 is 0 Å². The Kier molecular flexibility index (Phi) is 4.73. The maximum atomic E-state index is 13.1. The van der Waals surface area contributed by atoms with Crippen LogP contribution in [-0.2, 0) is 20.1 Å². The van der Waals surface area contributed by atoms with E-state index < -0.39 is 5.79 Å². The Morgan fingerprint density at radius 2 is 1.88 bits per heavy atom. The van der Waals surface area contributed by atoms with E-state index in [1.165, 1.54) is 5.56 Å². The van der Waals surface area contributed by atoms with Crippen molar-refractivity contribution in [2.45, 2.75) is 19.1 Å². The number of amides is 1. The van der Waals surface area contributed by atoms with Crippen molar-refractivity contribution in [3.8, 4) is 5.75 Å². The van der Waals surface area contributed by atoms with E-state index in [4.69, 9.17) is 14.2 Å². The van der Waals surface area contributed by atoms with Crippen molar-refractivity contribution in [3.63, 3.8) is 0 Å². The molecule has 2 heterocycles. The smallest absolute Gasteiger partial charge is 0.292 e. The Balaban J connectivity index is 1.55. The van der Waals surface area contributed by atoms with Gasteiger partial charge in [0.2, 0.25) is 0 Å². The lowest BCUT2D eigenvalue weighted by molar-refractivity contribution is -0.256. The molecule has 1 saturated heterocycles. The summed E-state index contributed by atoms with van der Waals surface area (Å²) >= 11 is 3.48. The minimum Gasteiger partial charge on any atom is -0.492 e. The molecule has 1 fully saturated rings. The standard InChI is InChI=1S/C20H20BrNO4/c1-14-3-6-16(7-4-14)24-12-9-22-18-8-5-15(21)13-17(18)20(19(22)23)25-10-2-11-26-20/h3-8,13H,2,9-12H2,1H3. The zero-order valence-corrected chi connectivity index (χ0v) is 16.1. The molecule has 2 aromatic carbocycles. The van der Waals surface area contributed by atoms with Crippen LogP contribution in [0.5, 0.6) is 5.75 Å². The first-order valence-electron chi connectivity index (χ1n) is 8.69. The molecule has 6 heteroatoms. The first-order chi connectivity index (χ1) is 12.6. The summed E-state index contributed by atoms with van der Waals surface area (Å²) < 4.78 is 18.4. The summed E-state index contributed by atoms with van der Waals surface area (Å²) in [7, 11) is 0. The lowest BCUT2D eigenvalue weighted by Crippen LogP contribution is -2.48. The fourth-order valence-electron chi connectivity index (χ4n) is 3.33. The number of anilines is 1. The van der Waals surface area contributed by atoms with Gasteiger partial charge in [-0.1, -0.05) is 33.6 Å². The highest BCUT2D eigenvalue weighted by Crippen LogP contribution is 2.46. The molecule has 1 amide bonds. The summed E-state index contributed by atoms with van der Waals surface area (Å²) in [6.45, 7) is 3.86. The topological polar surface area (TPSA) is 48.0 Å². The van der Waals surface area contributed by atoms with Crippen LogP contribution in [0.1, 0.15) is 17.5 Å². The van der Waals surface area contributed by atoms with Gasteiger partial charge >= 0.3 is 0 Å². The summed E-state index contributed by atoms with van der Waals surface area (Å²) in [5.41, 5.74) is 2.75. The van der Waals surface area contributed by atoms with Crippen LogP contribution in [0.25, 0.3) is 0 Å². The van der Waals surface area contributed by atoms with Crippen LogP contribution < -0.4 is 9.64 Å². The van der Waals surface area contributed by atoms with Crippen LogP contribution in [0.4, 0.5) is 5.69 Å². The molecule has 4 rings (SSSR count). The van der Waals surface area contributed by atoms with Crippen molar-refractivity contribution < 1.29 is 19.0 Å². The number of carbonyl (C=O) groups excluding carboxylic acids is 1. The molecular weight excluding hydrogens is 398 g/mol. The SMILES string of the molecule is Cc1ccc(OCCN2C(=O)C3(OCCCO3)c3cc(Br)ccc32)cc1. The highest BCUT2D eigenvalue weighted by atomic mass is 79.9. The van der Waals surface area contributed by atoms with E-state index in [9.17, 15) is 4.79 Å². The maximum Gasteiger partial charge on any atom is 0.292 e. The van der Waals surface area contributed by atoms with Crippen molar-refractivity contribution in [1.82, 2.24) is 0 Å². The molecule has 2 aliphatic rings. The van der Waals surface area contributed by atoms with Gasteiger partial charge in [0, 0.05) is 10.0 Å². The number of aryl methyl sites for hydroxylation is 1. The van der Waals surface area contributed by atoms with Crippen LogP contribution >= 0.6 is 15.9 Å². The van der Waals surface area contributed by atoms with E-state index in [-0.39, 0.29) is 5.91 Å². The Morgan fingerprint density at radius 1 is 1.15 bits per heavy atom. The number of benzene rings is 2. The van der Waals surface area contributed by atoms with Gasteiger partial charge in [-0.3, -0.25) is 4.79 Å². The lowest BCUT2D eigenvalue weighted by Gasteiger charge is -2.32. The third-order valence-corrected chi connectivity index (χ3v) is 5.13. The summed E-state index contributed by atoms with van der Waals surface area (Å²) in [6.07, 6.45) is 0.787. The predicted octanol–water partition coefficient (Wildman–Crippen LogP) is 3.77. The van der Waals surface area contributed by atoms with Crippen molar-refractivity contribution in [2.24, 2.45) is 0 Å². The molecule has 1 spiro atoms. The monoisotopic (exact) mass is 417 g/mol. The zero-order chi connectivity index (χ0) is 18.1. The molecule has 136 valence electrons. The molecule has 0 aliphatic carbocycles. The fourth-order valence-corrected chi connectivity index (χ4v) is 3.69. The Hall–Kier alpha value is -1.89. The molecule has 0 aromatic heterocycles. The summed E-state index contributed by atoms with van der Waals surface area (Å²) in [6, 6.07) is 13.6. The minimum atomic E-state index is -1.32. The van der Waals surface area contributed by atoms with Gasteiger partial charge in [-0.2, -0.15) is 0 Å². The van der Waals surface area contributed by atoms with Gasteiger partial charge in [0.1, 0.15) is 12.4 Å². The highest BCUT2D eigenvalue weighted by molar-refractivity contribution is 9.10. The molecule has 0 saturated carbocycles. The highest BCUT2D eigenvalue weighted by Gasteiger charge is 2.54. The average Bonchev–Trinajstić information content (AvgIpc) is 2.86. The van der Waals surface area contributed by atoms with Crippen molar-refractivity contribution in [1.29, 1.82) is 0 Å². The number of halogens is 1. The molecule has 0 bridgehead atoms. The average molecular weight is 418 g/mol. The Bertz CT molecular complexity index is 815. The zero-order valence-electron chi connectivity index (χ0n) is 14.5. The van der Waals surface area contributed by atoms with Crippen LogP contribution in [0.15, 0.2) is 46.9 Å². The lowest BCUT2D eigenvalue weighted by atomic mass is 10.1. The van der Waals surface area contributed by atoms with Gasteiger partial charge in [-0.25, -0.2) is 0 Å². The fraction of sp³-hybridized carbons (Fsp3) is 0.350. The minimum absolute atomic E-state index is 0.183. The first kappa shape index (κ1) is 17.5. The number of rotatable bonds is 4. The molecule has 0 unspecified atom stereocenters. The van der Waals surface area contributed by atoms with Crippen LogP contribution in [0, 0.1) is 6.92 Å². The Morgan fingerprint density at radius 3 is 2.62 bits per heavy atom. The second kappa shape index (κ2) is 7.02. The van der Waals surface area contributed by atoms with Gasteiger partial charge in [-0.05, 0) is 43.7 Å². The maximum absolute atomic E-state index is 13.1. The number of hydrogen-bond donors (Lipinski definition) is 0. The molecule has 5 nitrogen and oxygen atoms in total. The van der Waals surface area contributed by atoms with E-state index in [1.54, 1.807) is 4.90 Å². The van der Waals surface area contributed by atoms with Crippen LogP contribution in [0.2, 0.25) is 0 Å². The number of ether oxygens (including phenoxy) is 3. The van der Waals surface area contributed by atoms with Crippen molar-refractivity contribution >= 4 is 27.5 Å². The second-order valence-corrected chi connectivity index (χ2v) is 7.36. The van der Waals surface area contributed by atoms with E-state index in [0.717, 1.165) is 27.9 Å². The Labute approximate surface area is 161 Å². The van der Waals surface area contributed by atoms with E-state index in [1.807, 2.05) is 49.4 Å². The number of fused-ring (bicyclic) bond motifs is 2. The number of nitrogens with zero attached hydrogens (tertiary/aromatic N) is 1. The number of hydrogen-bond acceptors (Lipinski definition) is 4. The van der Waals surface area contributed by atoms with Gasteiger partial charge in [0.25, 0.3) is 11.7 Å². The van der Waals surface area contributed by atoms with Crippen LogP contribution in [-0.4, -0.2) is 32.3 Å². The second-order valence-electron chi connectivity index (χ2n) is 6.45. The van der Waals surface area contributed by atoms with Crippen molar-refractivity contribution in [3.05, 3.63) is 58.1 Å². The largest absolute Gasteiger partial charge is 0.492 e. The first-order valence-corrected chi connectivity index (χ1v) is 9.49. The molecule has 2 aromatic rings. The van der Waals surface area contributed by atoms with Gasteiger partial charge in [0.05, 0.1) is 25.4 Å². The third kappa shape index (κ3) is 3.02. The molecule has 0 atom stereocenters. The van der Waals surface area contributed by atoms with Crippen LogP contribution in [0.3, 0.4) is 0 Å². The summed E-state index contributed by atoms with van der Waals surface area (Å²) in [5, 5.41) is 0. The third-order valence-electron chi connectivity index (χ3n) is 4.63. The van der Waals surface area contributed by atoms with E-state index in [2.05, 4.69) is 15.9 Å². The van der Waals surface area contributed by atoms with E-state index in [0.29, 0.717) is 26.4 Å². The summed E-state index contributed by atoms with van der Waals surface area (Å²) in [5.74, 6) is -0.711. The molecule has 2 aliphatic heterocycles. The van der Waals surface area contributed by atoms with Gasteiger partial charge in [-0.15, -0.1) is 0 Å². The quantitative estimate of drug-likeness (QED) is 0.759.